The van der Waals surface area contributed by atoms with Gasteiger partial charge in [0.2, 0.25) is 5.91 Å². The van der Waals surface area contributed by atoms with Gasteiger partial charge in [-0.15, -0.1) is 16.4 Å². The van der Waals surface area contributed by atoms with Crippen LogP contribution in [0.3, 0.4) is 0 Å². The maximum absolute atomic E-state index is 12.4. The first-order valence-electron chi connectivity index (χ1n) is 8.21. The molecule has 0 radical (unpaired) electrons. The summed E-state index contributed by atoms with van der Waals surface area (Å²) in [7, 11) is 0. The molecule has 1 atom stereocenters. The molecule has 0 aliphatic heterocycles. The Morgan fingerprint density at radius 2 is 2.24 bits per heavy atom. The third-order valence-electron chi connectivity index (χ3n) is 4.36. The van der Waals surface area contributed by atoms with Crippen molar-refractivity contribution >= 4 is 33.3 Å². The topological polar surface area (TPSA) is 89.8 Å². The van der Waals surface area contributed by atoms with E-state index in [4.69, 9.17) is 0 Å². The number of anilines is 1. The van der Waals surface area contributed by atoms with Crippen molar-refractivity contribution in [1.82, 2.24) is 20.0 Å². The van der Waals surface area contributed by atoms with Gasteiger partial charge in [-0.1, -0.05) is 24.3 Å². The molecule has 0 saturated heterocycles. The van der Waals surface area contributed by atoms with Gasteiger partial charge in [-0.3, -0.25) is 9.59 Å². The van der Waals surface area contributed by atoms with Crippen LogP contribution in [0.2, 0.25) is 0 Å². The lowest BCUT2D eigenvalue weighted by Crippen LogP contribution is -2.30. The van der Waals surface area contributed by atoms with Crippen LogP contribution in [0.5, 0.6) is 0 Å². The lowest BCUT2D eigenvalue weighted by molar-refractivity contribution is -0.117. The van der Waals surface area contributed by atoms with Crippen LogP contribution >= 0.6 is 11.3 Å². The van der Waals surface area contributed by atoms with Crippen LogP contribution in [0.25, 0.3) is 10.9 Å². The molecule has 0 saturated carbocycles. The first-order valence-corrected chi connectivity index (χ1v) is 9.03. The fraction of sp³-hybridized carbons (Fsp3) is 0.353. The summed E-state index contributed by atoms with van der Waals surface area (Å²) in [5, 5.41) is 11.6. The molecule has 1 N–H and O–H groups in total. The quantitative estimate of drug-likeness (QED) is 0.776. The van der Waals surface area contributed by atoms with Crippen molar-refractivity contribution in [1.29, 1.82) is 0 Å². The zero-order valence-electron chi connectivity index (χ0n) is 13.7. The van der Waals surface area contributed by atoms with E-state index in [-0.39, 0.29) is 18.0 Å². The molecule has 25 heavy (non-hydrogen) atoms. The summed E-state index contributed by atoms with van der Waals surface area (Å²) in [5.74, 6) is 0.328. The van der Waals surface area contributed by atoms with Crippen molar-refractivity contribution in [2.24, 2.45) is 5.92 Å². The van der Waals surface area contributed by atoms with Gasteiger partial charge in [-0.25, -0.2) is 9.67 Å². The molecule has 0 bridgehead atoms. The van der Waals surface area contributed by atoms with Crippen molar-refractivity contribution in [3.05, 3.63) is 45.2 Å². The molecule has 1 aliphatic carbocycles. The molecular weight excluding hydrogens is 338 g/mol. The predicted octanol–water partition coefficient (Wildman–Crippen LogP) is 2.01. The van der Waals surface area contributed by atoms with E-state index in [0.717, 1.165) is 29.6 Å². The van der Waals surface area contributed by atoms with Crippen LogP contribution in [-0.2, 0) is 24.2 Å². The van der Waals surface area contributed by atoms with E-state index in [1.807, 2.05) is 0 Å². The summed E-state index contributed by atoms with van der Waals surface area (Å²) in [6.45, 7) is 2.04. The lowest BCUT2D eigenvalue weighted by atomic mass is 9.93. The Labute approximate surface area is 147 Å². The van der Waals surface area contributed by atoms with E-state index in [1.54, 1.807) is 24.3 Å². The van der Waals surface area contributed by atoms with Gasteiger partial charge in [0.25, 0.3) is 5.56 Å². The van der Waals surface area contributed by atoms with Crippen LogP contribution in [0.4, 0.5) is 5.13 Å². The van der Waals surface area contributed by atoms with Crippen LogP contribution in [-0.4, -0.2) is 25.9 Å². The summed E-state index contributed by atoms with van der Waals surface area (Å²) in [6, 6.07) is 6.95. The standard InChI is InChI=1S/C17H17N5O2S/c1-10-6-7-13-14(8-10)25-17(18-13)19-15(23)9-22-16(24)11-4-2-3-5-12(11)20-21-22/h2-5,10H,6-9H2,1H3,(H,18,19,23). The van der Waals surface area contributed by atoms with Crippen LogP contribution < -0.4 is 10.9 Å². The number of carbonyl (C=O) groups excluding carboxylic acids is 1. The Hall–Kier alpha value is -2.61. The summed E-state index contributed by atoms with van der Waals surface area (Å²) in [4.78, 5) is 30.4. The second-order valence-corrected chi connectivity index (χ2v) is 7.44. The number of fused-ring (bicyclic) bond motifs is 2. The Bertz CT molecular complexity index is 1010. The monoisotopic (exact) mass is 355 g/mol. The number of benzene rings is 1. The van der Waals surface area contributed by atoms with Gasteiger partial charge in [0, 0.05) is 4.88 Å². The third kappa shape index (κ3) is 3.17. The number of aromatic nitrogens is 4. The summed E-state index contributed by atoms with van der Waals surface area (Å²) in [6.07, 6.45) is 3.10. The Balaban J connectivity index is 1.51. The fourth-order valence-electron chi connectivity index (χ4n) is 3.02. The number of nitrogens with zero attached hydrogens (tertiary/aromatic N) is 4. The van der Waals surface area contributed by atoms with Crippen LogP contribution in [0.1, 0.15) is 23.9 Å². The van der Waals surface area contributed by atoms with Gasteiger partial charge >= 0.3 is 0 Å². The van der Waals surface area contributed by atoms with Gasteiger partial charge in [-0.2, -0.15) is 0 Å². The average Bonchev–Trinajstić information content (AvgIpc) is 2.98. The van der Waals surface area contributed by atoms with Crippen molar-refractivity contribution in [2.45, 2.75) is 32.7 Å². The van der Waals surface area contributed by atoms with Gasteiger partial charge in [0.05, 0.1) is 11.1 Å². The fourth-order valence-corrected chi connectivity index (χ4v) is 4.20. The van der Waals surface area contributed by atoms with Crippen molar-refractivity contribution in [3.63, 3.8) is 0 Å². The SMILES string of the molecule is CC1CCc2nc(NC(=O)Cn3nnc4ccccc4c3=O)sc2C1. The zero-order chi connectivity index (χ0) is 17.4. The molecular formula is C17H17N5O2S. The van der Waals surface area contributed by atoms with E-state index >= 15 is 0 Å². The minimum atomic E-state index is -0.328. The molecule has 2 heterocycles. The molecule has 0 fully saturated rings. The number of rotatable bonds is 3. The molecule has 1 aliphatic rings. The molecule has 1 aromatic carbocycles. The van der Waals surface area contributed by atoms with E-state index < -0.39 is 0 Å². The molecule has 0 spiro atoms. The maximum Gasteiger partial charge on any atom is 0.278 e. The Kier molecular flexibility index (Phi) is 4.04. The normalized spacial score (nSPS) is 16.6. The number of aryl methyl sites for hydroxylation is 1. The van der Waals surface area contributed by atoms with E-state index in [0.29, 0.717) is 22.0 Å². The molecule has 8 heteroatoms. The number of carbonyl (C=O) groups is 1. The number of amides is 1. The van der Waals surface area contributed by atoms with E-state index in [9.17, 15) is 9.59 Å². The highest BCUT2D eigenvalue weighted by molar-refractivity contribution is 7.15. The first kappa shape index (κ1) is 15.9. The molecule has 1 amide bonds. The van der Waals surface area contributed by atoms with E-state index in [2.05, 4.69) is 27.5 Å². The highest BCUT2D eigenvalue weighted by Gasteiger charge is 2.20. The lowest BCUT2D eigenvalue weighted by Gasteiger charge is -2.15. The van der Waals surface area contributed by atoms with Crippen LogP contribution in [0, 0.1) is 5.92 Å². The average molecular weight is 355 g/mol. The maximum atomic E-state index is 12.4. The van der Waals surface area contributed by atoms with Gasteiger partial charge in [0.15, 0.2) is 5.13 Å². The minimum absolute atomic E-state index is 0.183. The number of nitrogens with one attached hydrogen (secondary N) is 1. The van der Waals surface area contributed by atoms with Gasteiger partial charge < -0.3 is 5.32 Å². The molecule has 7 nitrogen and oxygen atoms in total. The van der Waals surface area contributed by atoms with Crippen molar-refractivity contribution < 1.29 is 4.79 Å². The molecule has 1 unspecified atom stereocenters. The van der Waals surface area contributed by atoms with Gasteiger partial charge in [-0.05, 0) is 37.3 Å². The third-order valence-corrected chi connectivity index (χ3v) is 5.39. The molecule has 2 aromatic heterocycles. The largest absolute Gasteiger partial charge is 0.300 e. The summed E-state index contributed by atoms with van der Waals surface area (Å²) < 4.78 is 1.08. The highest BCUT2D eigenvalue weighted by Crippen LogP contribution is 2.32. The summed E-state index contributed by atoms with van der Waals surface area (Å²) in [5.41, 5.74) is 1.28. The van der Waals surface area contributed by atoms with Crippen molar-refractivity contribution in [3.8, 4) is 0 Å². The van der Waals surface area contributed by atoms with Crippen LogP contribution in [0.15, 0.2) is 29.1 Å². The second kappa shape index (κ2) is 6.36. The van der Waals surface area contributed by atoms with E-state index in [1.165, 1.54) is 16.2 Å². The molecule has 128 valence electrons. The van der Waals surface area contributed by atoms with Gasteiger partial charge in [0.1, 0.15) is 12.1 Å². The number of hydrogen-bond acceptors (Lipinski definition) is 6. The Morgan fingerprint density at radius 3 is 3.12 bits per heavy atom. The minimum Gasteiger partial charge on any atom is -0.300 e. The second-order valence-electron chi connectivity index (χ2n) is 6.35. The van der Waals surface area contributed by atoms with Crippen molar-refractivity contribution in [2.75, 3.05) is 5.32 Å². The number of thiazole rings is 1. The molecule has 3 aromatic rings. The highest BCUT2D eigenvalue weighted by atomic mass is 32.1. The zero-order valence-corrected chi connectivity index (χ0v) is 14.5. The smallest absolute Gasteiger partial charge is 0.278 e. The number of hydrogen-bond donors (Lipinski definition) is 1. The predicted molar refractivity (Wildman–Crippen MR) is 95.7 cm³/mol. The Morgan fingerprint density at radius 1 is 1.40 bits per heavy atom. The molecule has 4 rings (SSSR count). The summed E-state index contributed by atoms with van der Waals surface area (Å²) >= 11 is 1.52. The first-order chi connectivity index (χ1) is 12.1.